The topological polar surface area (TPSA) is 70.3 Å². The fourth-order valence-corrected chi connectivity index (χ4v) is 3.29. The van der Waals surface area contributed by atoms with Crippen LogP contribution in [0.3, 0.4) is 0 Å². The standard InChI is InChI=1S/C16H23N5O2/c1-5-19(6-2)16-17-21(23)15-10-12-8-13(18(3)4)7-11(12)9-14(15)20(16)22/h9-10,13H,5-8H2,1-4H3. The third kappa shape index (κ3) is 2.55. The van der Waals surface area contributed by atoms with E-state index in [4.69, 9.17) is 0 Å². The number of benzene rings is 1. The molecular formula is C16H23N5O2. The van der Waals surface area contributed by atoms with Gasteiger partial charge in [-0.2, -0.15) is 0 Å². The van der Waals surface area contributed by atoms with E-state index in [0.29, 0.717) is 35.0 Å². The Bertz CT molecular complexity index is 795. The summed E-state index contributed by atoms with van der Waals surface area (Å²) < 4.78 is 0.792. The number of aromatic nitrogens is 3. The quantitative estimate of drug-likeness (QED) is 0.792. The van der Waals surface area contributed by atoms with Crippen molar-refractivity contribution in [1.82, 2.24) is 14.8 Å². The van der Waals surface area contributed by atoms with Gasteiger partial charge in [-0.25, -0.2) is 4.85 Å². The minimum Gasteiger partial charge on any atom is -0.778 e. The second-order valence-electron chi connectivity index (χ2n) is 6.27. The van der Waals surface area contributed by atoms with Crippen molar-refractivity contribution in [1.29, 1.82) is 0 Å². The highest BCUT2D eigenvalue weighted by Gasteiger charge is 2.27. The van der Waals surface area contributed by atoms with Gasteiger partial charge in [-0.15, -0.1) is 0 Å². The minimum absolute atomic E-state index is 0.166. The summed E-state index contributed by atoms with van der Waals surface area (Å²) in [6.07, 6.45) is 1.80. The maximum atomic E-state index is 12.7. The summed E-state index contributed by atoms with van der Waals surface area (Å²) in [5, 5.41) is 16.3. The van der Waals surface area contributed by atoms with Gasteiger partial charge in [0, 0.05) is 15.6 Å². The highest BCUT2D eigenvalue weighted by Crippen LogP contribution is 2.28. The molecular weight excluding hydrogens is 294 g/mol. The van der Waals surface area contributed by atoms with Crippen molar-refractivity contribution in [2.24, 2.45) is 0 Å². The Balaban J connectivity index is 2.17. The van der Waals surface area contributed by atoms with E-state index in [1.165, 1.54) is 0 Å². The molecule has 0 saturated carbocycles. The number of fused-ring (bicyclic) bond motifs is 2. The van der Waals surface area contributed by atoms with E-state index < -0.39 is 0 Å². The number of rotatable bonds is 4. The molecule has 0 spiro atoms. The summed E-state index contributed by atoms with van der Waals surface area (Å²) in [7, 11) is 4.11. The van der Waals surface area contributed by atoms with Gasteiger partial charge in [0.15, 0.2) is 5.52 Å². The average Bonchev–Trinajstić information content (AvgIpc) is 2.95. The van der Waals surface area contributed by atoms with Crippen LogP contribution in [0.15, 0.2) is 12.1 Å². The molecule has 0 radical (unpaired) electrons. The van der Waals surface area contributed by atoms with Crippen LogP contribution in [-0.4, -0.2) is 48.1 Å². The summed E-state index contributed by atoms with van der Waals surface area (Å²) in [6, 6.07) is 4.11. The Hall–Kier alpha value is -2.15. The van der Waals surface area contributed by atoms with Gasteiger partial charge in [0.25, 0.3) is 0 Å². The molecule has 2 aromatic rings. The molecule has 1 aromatic heterocycles. The SMILES string of the molecule is CCN(CC)c1nn([O-])c2cc3c(cc2[n+]1=O)CC(N(C)C)C3. The van der Waals surface area contributed by atoms with Crippen LogP contribution in [0.5, 0.6) is 0 Å². The molecule has 7 heteroatoms. The van der Waals surface area contributed by atoms with Crippen molar-refractivity contribution in [3.8, 4) is 0 Å². The zero-order chi connectivity index (χ0) is 16.7. The van der Waals surface area contributed by atoms with Gasteiger partial charge < -0.3 is 10.1 Å². The third-order valence-electron chi connectivity index (χ3n) is 4.77. The van der Waals surface area contributed by atoms with E-state index in [9.17, 15) is 10.1 Å². The van der Waals surface area contributed by atoms with Crippen molar-refractivity contribution in [3.63, 3.8) is 0 Å². The Labute approximate surface area is 135 Å². The van der Waals surface area contributed by atoms with Crippen molar-refractivity contribution >= 4 is 17.0 Å². The molecule has 0 N–H and O–H groups in total. The molecule has 1 aliphatic rings. The van der Waals surface area contributed by atoms with Crippen LogP contribution >= 0.6 is 0 Å². The van der Waals surface area contributed by atoms with Gasteiger partial charge >= 0.3 is 5.95 Å². The lowest BCUT2D eigenvalue weighted by molar-refractivity contribution is -0.454. The van der Waals surface area contributed by atoms with Crippen LogP contribution in [0.25, 0.3) is 11.0 Å². The molecule has 1 aliphatic carbocycles. The molecule has 0 aliphatic heterocycles. The van der Waals surface area contributed by atoms with Gasteiger partial charge in [-0.3, -0.25) is 4.90 Å². The maximum Gasteiger partial charge on any atom is 0.455 e. The molecule has 1 atom stereocenters. The summed E-state index contributed by atoms with van der Waals surface area (Å²) in [6.45, 7) is 5.14. The highest BCUT2D eigenvalue weighted by molar-refractivity contribution is 5.75. The Morgan fingerprint density at radius 2 is 1.87 bits per heavy atom. The third-order valence-corrected chi connectivity index (χ3v) is 4.77. The van der Waals surface area contributed by atoms with Crippen LogP contribution in [0.4, 0.5) is 5.95 Å². The number of likely N-dealkylation sites (N-methyl/N-ethyl adjacent to an activating group) is 1. The lowest BCUT2D eigenvalue weighted by atomic mass is 10.1. The number of nitrogens with zero attached hydrogens (tertiary/aromatic N) is 5. The zero-order valence-electron chi connectivity index (χ0n) is 14.1. The fourth-order valence-electron chi connectivity index (χ4n) is 3.29. The predicted molar refractivity (Wildman–Crippen MR) is 90.3 cm³/mol. The largest absolute Gasteiger partial charge is 0.778 e. The number of hydrogen-bond donors (Lipinski definition) is 0. The molecule has 124 valence electrons. The van der Waals surface area contributed by atoms with Crippen molar-refractivity contribution in [3.05, 3.63) is 33.4 Å². The van der Waals surface area contributed by atoms with Crippen LogP contribution in [0.1, 0.15) is 25.0 Å². The van der Waals surface area contributed by atoms with Crippen LogP contribution in [-0.2, 0) is 12.8 Å². The summed E-state index contributed by atoms with van der Waals surface area (Å²) >= 11 is 0. The second kappa shape index (κ2) is 5.81. The first-order chi connectivity index (χ1) is 11.0. The second-order valence-corrected chi connectivity index (χ2v) is 6.27. The lowest BCUT2D eigenvalue weighted by Crippen LogP contribution is -2.35. The Kier molecular flexibility index (Phi) is 3.97. The molecule has 1 aromatic carbocycles. The maximum absolute atomic E-state index is 12.7. The van der Waals surface area contributed by atoms with E-state index >= 15 is 0 Å². The first kappa shape index (κ1) is 15.7. The van der Waals surface area contributed by atoms with E-state index in [0.717, 1.165) is 28.4 Å². The van der Waals surface area contributed by atoms with E-state index in [-0.39, 0.29) is 5.95 Å². The van der Waals surface area contributed by atoms with E-state index in [2.05, 4.69) is 24.1 Å². The van der Waals surface area contributed by atoms with Gasteiger partial charge in [0.1, 0.15) is 5.52 Å². The molecule has 0 amide bonds. The Morgan fingerprint density at radius 3 is 2.43 bits per heavy atom. The number of anilines is 1. The predicted octanol–water partition coefficient (Wildman–Crippen LogP) is 1.17. The molecule has 1 heterocycles. The highest BCUT2D eigenvalue weighted by atomic mass is 16.5. The Morgan fingerprint density at radius 1 is 1.26 bits per heavy atom. The van der Waals surface area contributed by atoms with Gasteiger partial charge in [-0.1, -0.05) is 4.91 Å². The first-order valence-electron chi connectivity index (χ1n) is 8.06. The monoisotopic (exact) mass is 317 g/mol. The minimum atomic E-state index is 0.166. The van der Waals surface area contributed by atoms with Crippen molar-refractivity contribution in [2.75, 3.05) is 32.1 Å². The molecule has 23 heavy (non-hydrogen) atoms. The molecule has 0 bridgehead atoms. The van der Waals surface area contributed by atoms with Crippen molar-refractivity contribution in [2.45, 2.75) is 32.7 Å². The normalized spacial score (nSPS) is 17.0. The zero-order valence-corrected chi connectivity index (χ0v) is 14.1. The van der Waals surface area contributed by atoms with Gasteiger partial charge in [0.05, 0.1) is 13.1 Å². The van der Waals surface area contributed by atoms with Crippen LogP contribution in [0, 0.1) is 10.1 Å². The van der Waals surface area contributed by atoms with Gasteiger partial charge in [0.2, 0.25) is 0 Å². The van der Waals surface area contributed by atoms with Crippen LogP contribution < -0.4 is 9.33 Å². The van der Waals surface area contributed by atoms with E-state index in [1.807, 2.05) is 26.0 Å². The average molecular weight is 317 g/mol. The lowest BCUT2D eigenvalue weighted by Gasteiger charge is -2.17. The smallest absolute Gasteiger partial charge is 0.455 e. The summed E-state index contributed by atoms with van der Waals surface area (Å²) in [4.78, 5) is 17.3. The van der Waals surface area contributed by atoms with Crippen LogP contribution in [0.2, 0.25) is 0 Å². The first-order valence-corrected chi connectivity index (χ1v) is 8.06. The molecule has 0 fully saturated rings. The van der Waals surface area contributed by atoms with Crippen molar-refractivity contribution < 1.29 is 4.43 Å². The molecule has 7 nitrogen and oxygen atoms in total. The fraction of sp³-hybridized carbons (Fsp3) is 0.562. The number of hydrogen-bond acceptors (Lipinski definition) is 5. The summed E-state index contributed by atoms with van der Waals surface area (Å²) in [5.41, 5.74) is 3.03. The van der Waals surface area contributed by atoms with E-state index in [1.54, 1.807) is 4.90 Å². The molecule has 3 rings (SSSR count). The van der Waals surface area contributed by atoms with Gasteiger partial charge in [-0.05, 0) is 64.0 Å². The molecule has 1 unspecified atom stereocenters. The molecule has 0 saturated heterocycles. The summed E-state index contributed by atoms with van der Waals surface area (Å²) in [5.74, 6) is 0.166.